The van der Waals surface area contributed by atoms with E-state index in [0.717, 1.165) is 5.69 Å². The second kappa shape index (κ2) is 8.66. The molecule has 0 saturated heterocycles. The van der Waals surface area contributed by atoms with Gasteiger partial charge in [0.2, 0.25) is 0 Å². The molecule has 0 unspecified atom stereocenters. The van der Waals surface area contributed by atoms with Crippen LogP contribution in [0.15, 0.2) is 72.9 Å². The molecule has 0 amide bonds. The fourth-order valence-electron chi connectivity index (χ4n) is 6.69. The zero-order chi connectivity index (χ0) is 26.9. The minimum absolute atomic E-state index is 0.160. The molecule has 3 heteroatoms. The highest BCUT2D eigenvalue weighted by Gasteiger charge is 2.42. The zero-order valence-corrected chi connectivity index (χ0v) is 23.9. The van der Waals surface area contributed by atoms with E-state index >= 15 is 0 Å². The minimum Gasteiger partial charge on any atom is -0.256 e. The highest BCUT2D eigenvalue weighted by Crippen LogP contribution is 2.52. The Morgan fingerprint density at radius 3 is 2.18 bits per heavy atom. The maximum atomic E-state index is 4.87. The molecule has 2 heterocycles. The van der Waals surface area contributed by atoms with Crippen LogP contribution in [0.4, 0.5) is 0 Å². The third-order valence-electron chi connectivity index (χ3n) is 8.58. The molecule has 6 rings (SSSR count). The van der Waals surface area contributed by atoms with Crippen molar-refractivity contribution in [2.24, 2.45) is 7.05 Å². The average molecular weight is 501 g/mol. The topological polar surface area (TPSA) is 21.7 Å². The lowest BCUT2D eigenvalue weighted by atomic mass is 9.79. The molecule has 2 aromatic heterocycles. The summed E-state index contributed by atoms with van der Waals surface area (Å²) in [6.45, 7) is 16.2. The predicted octanol–water partition coefficient (Wildman–Crippen LogP) is 8.38. The van der Waals surface area contributed by atoms with Crippen LogP contribution in [0.25, 0.3) is 39.4 Å². The van der Waals surface area contributed by atoms with Gasteiger partial charge in [0.15, 0.2) is 11.0 Å². The van der Waals surface area contributed by atoms with Gasteiger partial charge < -0.3 is 0 Å². The first-order valence-corrected chi connectivity index (χ1v) is 13.9. The Kier molecular flexibility index (Phi) is 5.61. The van der Waals surface area contributed by atoms with Gasteiger partial charge in [0.1, 0.15) is 5.69 Å². The summed E-state index contributed by atoms with van der Waals surface area (Å²) in [5.74, 6) is 2.03. The van der Waals surface area contributed by atoms with Gasteiger partial charge in [-0.05, 0) is 53.6 Å². The average Bonchev–Trinajstić information content (AvgIpc) is 3.32. The predicted molar refractivity (Wildman–Crippen MR) is 158 cm³/mol. The van der Waals surface area contributed by atoms with Crippen LogP contribution in [0.5, 0.6) is 0 Å². The van der Waals surface area contributed by atoms with E-state index in [1.54, 1.807) is 0 Å². The molecule has 0 aliphatic heterocycles. The minimum atomic E-state index is -0.160. The fourth-order valence-corrected chi connectivity index (χ4v) is 6.69. The Morgan fingerprint density at radius 2 is 1.50 bits per heavy atom. The number of rotatable bonds is 4. The van der Waals surface area contributed by atoms with E-state index < -0.39 is 0 Å². The molecule has 3 nitrogen and oxygen atoms in total. The van der Waals surface area contributed by atoms with Gasteiger partial charge in [-0.1, -0.05) is 90.1 Å². The molecule has 0 N–H and O–H groups in total. The van der Waals surface area contributed by atoms with Gasteiger partial charge in [0, 0.05) is 28.3 Å². The highest BCUT2D eigenvalue weighted by molar-refractivity contribution is 5.89. The molecule has 3 aromatic carbocycles. The van der Waals surface area contributed by atoms with Crippen molar-refractivity contribution in [2.75, 3.05) is 0 Å². The number of fused-ring (bicyclic) bond motifs is 4. The summed E-state index contributed by atoms with van der Waals surface area (Å²) in [5, 5.41) is 0. The smallest absolute Gasteiger partial charge is 0.256 e. The van der Waals surface area contributed by atoms with Crippen molar-refractivity contribution in [3.8, 4) is 28.3 Å². The Hall–Kier alpha value is -3.72. The monoisotopic (exact) mass is 500 g/mol. The molecule has 0 atom stereocenters. The van der Waals surface area contributed by atoms with Crippen molar-refractivity contribution in [2.45, 2.75) is 65.7 Å². The molecule has 0 spiro atoms. The van der Waals surface area contributed by atoms with Crippen LogP contribution >= 0.6 is 0 Å². The first-order chi connectivity index (χ1) is 18.1. The van der Waals surface area contributed by atoms with Crippen LogP contribution in [0.1, 0.15) is 81.2 Å². The van der Waals surface area contributed by atoms with Gasteiger partial charge in [-0.2, -0.15) is 4.57 Å². The second-order valence-electron chi connectivity index (χ2n) is 12.0. The van der Waals surface area contributed by atoms with Crippen molar-refractivity contribution < 1.29 is 4.57 Å². The molecule has 0 fully saturated rings. The van der Waals surface area contributed by atoms with Crippen molar-refractivity contribution in [3.63, 3.8) is 0 Å². The number of imidazole rings is 1. The summed E-state index contributed by atoms with van der Waals surface area (Å²) in [6, 6.07) is 24.6. The van der Waals surface area contributed by atoms with Crippen LogP contribution in [0.2, 0.25) is 0 Å². The number of para-hydroxylation sites is 3. The molecule has 0 saturated carbocycles. The first-order valence-electron chi connectivity index (χ1n) is 13.9. The molecule has 1 aliphatic rings. The van der Waals surface area contributed by atoms with Crippen molar-refractivity contribution in [1.82, 2.24) is 9.55 Å². The summed E-state index contributed by atoms with van der Waals surface area (Å²) in [6.07, 6.45) is 1.92. The summed E-state index contributed by atoms with van der Waals surface area (Å²) >= 11 is 0. The second-order valence-corrected chi connectivity index (χ2v) is 12.0. The lowest BCUT2D eigenvalue weighted by molar-refractivity contribution is -0.633. The molecular formula is C35H38N3+. The maximum Gasteiger partial charge on any atom is 0.295 e. The van der Waals surface area contributed by atoms with Crippen LogP contribution in [0.3, 0.4) is 0 Å². The number of benzene rings is 3. The maximum absolute atomic E-state index is 4.87. The standard InChI is InChI=1S/C35H38N3/c1-21(2)24-13-11-14-25(22(3)4)33(24)38-29-17-10-9-16-28(29)37(8)34(38)30-23(5)18-19-26-31(30)35(6,7)27-15-12-20-36-32(26)27/h9-22H,1-8H3/q+1. The Morgan fingerprint density at radius 1 is 0.816 bits per heavy atom. The van der Waals surface area contributed by atoms with Crippen LogP contribution in [-0.2, 0) is 12.5 Å². The third kappa shape index (κ3) is 3.34. The Balaban J connectivity index is 1.82. The molecule has 0 bridgehead atoms. The summed E-state index contributed by atoms with van der Waals surface area (Å²) in [5.41, 5.74) is 14.1. The van der Waals surface area contributed by atoms with E-state index in [0.29, 0.717) is 11.8 Å². The van der Waals surface area contributed by atoms with Crippen molar-refractivity contribution in [1.29, 1.82) is 0 Å². The van der Waals surface area contributed by atoms with Gasteiger partial charge >= 0.3 is 0 Å². The largest absolute Gasteiger partial charge is 0.295 e. The van der Waals surface area contributed by atoms with E-state index in [1.165, 1.54) is 61.5 Å². The fraction of sp³-hybridized carbons (Fsp3) is 0.314. The normalized spacial score (nSPS) is 13.9. The zero-order valence-electron chi connectivity index (χ0n) is 23.9. The van der Waals surface area contributed by atoms with Crippen LogP contribution in [-0.4, -0.2) is 9.55 Å². The molecule has 38 heavy (non-hydrogen) atoms. The van der Waals surface area contributed by atoms with Crippen molar-refractivity contribution >= 4 is 11.0 Å². The lowest BCUT2D eigenvalue weighted by Gasteiger charge is -2.25. The number of hydrogen-bond donors (Lipinski definition) is 0. The number of nitrogens with zero attached hydrogens (tertiary/aromatic N) is 3. The molecular weight excluding hydrogens is 462 g/mol. The summed E-state index contributed by atoms with van der Waals surface area (Å²) in [4.78, 5) is 4.87. The van der Waals surface area contributed by atoms with Gasteiger partial charge in [-0.3, -0.25) is 4.98 Å². The van der Waals surface area contributed by atoms with E-state index in [1.807, 2.05) is 6.20 Å². The first kappa shape index (κ1) is 24.6. The number of aromatic nitrogens is 3. The van der Waals surface area contributed by atoms with E-state index in [4.69, 9.17) is 4.98 Å². The van der Waals surface area contributed by atoms with Crippen LogP contribution < -0.4 is 4.57 Å². The number of hydrogen-bond acceptors (Lipinski definition) is 1. The van der Waals surface area contributed by atoms with E-state index in [9.17, 15) is 0 Å². The molecule has 5 aromatic rings. The van der Waals surface area contributed by atoms with E-state index in [2.05, 4.69) is 131 Å². The highest BCUT2D eigenvalue weighted by atomic mass is 15.2. The molecule has 192 valence electrons. The van der Waals surface area contributed by atoms with Crippen LogP contribution in [0, 0.1) is 6.92 Å². The van der Waals surface area contributed by atoms with Gasteiger partial charge in [-0.15, -0.1) is 0 Å². The SMILES string of the molecule is Cc1ccc2c(c1-c1n(-c3c(C(C)C)cccc3C(C)C)c3ccccc3[n+]1C)C(C)(C)c1cccnc1-2. The Labute approximate surface area is 226 Å². The summed E-state index contributed by atoms with van der Waals surface area (Å²) < 4.78 is 4.97. The Bertz CT molecular complexity index is 1690. The van der Waals surface area contributed by atoms with E-state index in [-0.39, 0.29) is 5.41 Å². The molecule has 0 radical (unpaired) electrons. The van der Waals surface area contributed by atoms with Gasteiger partial charge in [-0.25, -0.2) is 4.57 Å². The van der Waals surface area contributed by atoms with Gasteiger partial charge in [0.05, 0.1) is 18.3 Å². The third-order valence-corrected chi connectivity index (χ3v) is 8.58. The van der Waals surface area contributed by atoms with Gasteiger partial charge in [0.25, 0.3) is 5.82 Å². The molecule has 1 aliphatic carbocycles. The van der Waals surface area contributed by atoms with Crippen molar-refractivity contribution in [3.05, 3.63) is 101 Å². The summed E-state index contributed by atoms with van der Waals surface area (Å²) in [7, 11) is 2.23. The number of aryl methyl sites for hydroxylation is 2. The quantitative estimate of drug-likeness (QED) is 0.227. The lowest BCUT2D eigenvalue weighted by Crippen LogP contribution is -2.32. The number of pyridine rings is 1.